The number of aryl methyl sites for hydroxylation is 1. The van der Waals surface area contributed by atoms with Crippen LogP contribution in [0.5, 0.6) is 5.88 Å². The summed E-state index contributed by atoms with van der Waals surface area (Å²) in [6, 6.07) is 9.17. The van der Waals surface area contributed by atoms with Crippen molar-refractivity contribution in [3.8, 4) is 11.6 Å². The van der Waals surface area contributed by atoms with Gasteiger partial charge in [0.1, 0.15) is 5.56 Å². The van der Waals surface area contributed by atoms with Crippen LogP contribution >= 0.6 is 0 Å². The van der Waals surface area contributed by atoms with E-state index in [2.05, 4.69) is 5.10 Å². The summed E-state index contributed by atoms with van der Waals surface area (Å²) in [6.45, 7) is 2.97. The molecule has 0 atom stereocenters. The van der Waals surface area contributed by atoms with Crippen molar-refractivity contribution in [2.75, 3.05) is 0 Å². The summed E-state index contributed by atoms with van der Waals surface area (Å²) in [5, 5.41) is 4.21. The van der Waals surface area contributed by atoms with Crippen molar-refractivity contribution < 1.29 is 14.3 Å². The molecule has 2 aromatic rings. The van der Waals surface area contributed by atoms with E-state index in [4.69, 9.17) is 4.74 Å². The van der Waals surface area contributed by atoms with Crippen LogP contribution in [0.3, 0.4) is 0 Å². The maximum Gasteiger partial charge on any atom is 0.309 e. The second-order valence-corrected chi connectivity index (χ2v) is 3.76. The Morgan fingerprint density at radius 1 is 1.33 bits per heavy atom. The van der Waals surface area contributed by atoms with Crippen molar-refractivity contribution in [1.82, 2.24) is 9.78 Å². The Labute approximate surface area is 104 Å². The third-order valence-electron chi connectivity index (χ3n) is 2.42. The molecule has 18 heavy (non-hydrogen) atoms. The lowest BCUT2D eigenvalue weighted by molar-refractivity contribution is -0.132. The Morgan fingerprint density at radius 3 is 2.56 bits per heavy atom. The number of aldehydes is 1. The number of benzene rings is 1. The Balaban J connectivity index is 2.60. The monoisotopic (exact) mass is 244 g/mol. The first-order chi connectivity index (χ1) is 8.63. The summed E-state index contributed by atoms with van der Waals surface area (Å²) in [6.07, 6.45) is 0.639. The molecule has 92 valence electrons. The standard InChI is InChI=1S/C13H12N2O3/c1-9-12(8-16)13(18-10(2)17)15(14-9)11-6-4-3-5-7-11/h3-8H,1-2H3. The number of carbonyl (C=O) groups is 2. The van der Waals surface area contributed by atoms with E-state index in [1.165, 1.54) is 11.6 Å². The molecular formula is C13H12N2O3. The Morgan fingerprint density at radius 2 is 2.00 bits per heavy atom. The van der Waals surface area contributed by atoms with Gasteiger partial charge >= 0.3 is 5.97 Å². The van der Waals surface area contributed by atoms with Crippen molar-refractivity contribution in [2.24, 2.45) is 0 Å². The van der Waals surface area contributed by atoms with E-state index in [-0.39, 0.29) is 11.4 Å². The normalized spacial score (nSPS) is 10.1. The summed E-state index contributed by atoms with van der Waals surface area (Å²) in [7, 11) is 0. The van der Waals surface area contributed by atoms with Gasteiger partial charge in [-0.2, -0.15) is 9.78 Å². The number of para-hydroxylation sites is 1. The highest BCUT2D eigenvalue weighted by Crippen LogP contribution is 2.24. The Hall–Kier alpha value is -2.43. The molecule has 0 aliphatic heterocycles. The van der Waals surface area contributed by atoms with Crippen molar-refractivity contribution in [3.63, 3.8) is 0 Å². The van der Waals surface area contributed by atoms with E-state index in [1.807, 2.05) is 30.3 Å². The van der Waals surface area contributed by atoms with Crippen molar-refractivity contribution in [2.45, 2.75) is 13.8 Å². The van der Waals surface area contributed by atoms with Gasteiger partial charge in [0.05, 0.1) is 11.4 Å². The SMILES string of the molecule is CC(=O)Oc1c(C=O)c(C)nn1-c1ccccc1. The molecule has 0 saturated carbocycles. The fraction of sp³-hybridized carbons (Fsp3) is 0.154. The number of esters is 1. The fourth-order valence-corrected chi connectivity index (χ4v) is 1.63. The quantitative estimate of drug-likeness (QED) is 0.611. The zero-order valence-corrected chi connectivity index (χ0v) is 10.1. The maximum absolute atomic E-state index is 11.1. The second kappa shape index (κ2) is 4.83. The number of hydrogen-bond donors (Lipinski definition) is 0. The molecule has 1 aromatic carbocycles. The molecule has 0 spiro atoms. The molecule has 0 amide bonds. The minimum absolute atomic E-state index is 0.154. The molecule has 0 N–H and O–H groups in total. The zero-order valence-electron chi connectivity index (χ0n) is 10.1. The molecule has 5 heteroatoms. The van der Waals surface area contributed by atoms with Crippen LogP contribution < -0.4 is 4.74 Å². The minimum Gasteiger partial charge on any atom is -0.407 e. The molecule has 1 heterocycles. The van der Waals surface area contributed by atoms with Crippen LogP contribution in [0.2, 0.25) is 0 Å². The lowest BCUT2D eigenvalue weighted by Crippen LogP contribution is -2.08. The average Bonchev–Trinajstić information content (AvgIpc) is 2.66. The van der Waals surface area contributed by atoms with Gasteiger partial charge in [-0.25, -0.2) is 0 Å². The third-order valence-corrected chi connectivity index (χ3v) is 2.42. The number of hydrogen-bond acceptors (Lipinski definition) is 4. The zero-order chi connectivity index (χ0) is 13.1. The number of nitrogens with zero attached hydrogens (tertiary/aromatic N) is 2. The van der Waals surface area contributed by atoms with E-state index in [0.29, 0.717) is 12.0 Å². The highest BCUT2D eigenvalue weighted by molar-refractivity contribution is 5.82. The third kappa shape index (κ3) is 2.15. The highest BCUT2D eigenvalue weighted by atomic mass is 16.5. The fourth-order valence-electron chi connectivity index (χ4n) is 1.63. The summed E-state index contributed by atoms with van der Waals surface area (Å²) >= 11 is 0. The van der Waals surface area contributed by atoms with Crippen molar-refractivity contribution in [1.29, 1.82) is 0 Å². The van der Waals surface area contributed by atoms with Gasteiger partial charge in [0, 0.05) is 6.92 Å². The molecule has 0 fully saturated rings. The topological polar surface area (TPSA) is 61.2 Å². The first-order valence-corrected chi connectivity index (χ1v) is 5.42. The highest BCUT2D eigenvalue weighted by Gasteiger charge is 2.18. The molecule has 1 aromatic heterocycles. The van der Waals surface area contributed by atoms with Crippen molar-refractivity contribution in [3.05, 3.63) is 41.6 Å². The maximum atomic E-state index is 11.1. The van der Waals surface area contributed by atoms with Gasteiger partial charge in [-0.3, -0.25) is 9.59 Å². The van der Waals surface area contributed by atoms with Gasteiger partial charge < -0.3 is 4.74 Å². The minimum atomic E-state index is -0.491. The van der Waals surface area contributed by atoms with Crippen LogP contribution in [-0.4, -0.2) is 22.0 Å². The second-order valence-electron chi connectivity index (χ2n) is 3.76. The van der Waals surface area contributed by atoms with Crippen molar-refractivity contribution >= 4 is 12.3 Å². The Kier molecular flexibility index (Phi) is 3.23. The largest absolute Gasteiger partial charge is 0.407 e. The molecular weight excluding hydrogens is 232 g/mol. The van der Waals surface area contributed by atoms with E-state index in [0.717, 1.165) is 5.69 Å². The molecule has 2 rings (SSSR count). The van der Waals surface area contributed by atoms with Gasteiger partial charge in [-0.15, -0.1) is 0 Å². The van der Waals surface area contributed by atoms with E-state index >= 15 is 0 Å². The summed E-state index contributed by atoms with van der Waals surface area (Å²) in [5.74, 6) is -0.337. The first kappa shape index (κ1) is 12.0. The average molecular weight is 244 g/mol. The molecule has 0 saturated heterocycles. The summed E-state index contributed by atoms with van der Waals surface area (Å²) in [4.78, 5) is 22.1. The number of aromatic nitrogens is 2. The summed E-state index contributed by atoms with van der Waals surface area (Å²) in [5.41, 5.74) is 1.53. The molecule has 0 bridgehead atoms. The van der Waals surface area contributed by atoms with Gasteiger partial charge in [0.15, 0.2) is 6.29 Å². The number of ether oxygens (including phenoxy) is 1. The van der Waals surface area contributed by atoms with Gasteiger partial charge in [0.25, 0.3) is 0 Å². The van der Waals surface area contributed by atoms with Crippen LogP contribution in [0.25, 0.3) is 5.69 Å². The number of rotatable bonds is 3. The van der Waals surface area contributed by atoms with Crippen LogP contribution in [0.4, 0.5) is 0 Å². The summed E-state index contributed by atoms with van der Waals surface area (Å²) < 4.78 is 6.52. The predicted octanol–water partition coefficient (Wildman–Crippen LogP) is 1.92. The van der Waals surface area contributed by atoms with Crippen LogP contribution in [0.15, 0.2) is 30.3 Å². The van der Waals surface area contributed by atoms with E-state index in [1.54, 1.807) is 6.92 Å². The smallest absolute Gasteiger partial charge is 0.309 e. The molecule has 0 aliphatic rings. The van der Waals surface area contributed by atoms with Crippen LogP contribution in [0, 0.1) is 6.92 Å². The molecule has 5 nitrogen and oxygen atoms in total. The van der Waals surface area contributed by atoms with Crippen LogP contribution in [0.1, 0.15) is 23.0 Å². The van der Waals surface area contributed by atoms with Gasteiger partial charge in [-0.05, 0) is 19.1 Å². The lowest BCUT2D eigenvalue weighted by Gasteiger charge is -2.06. The number of carbonyl (C=O) groups excluding carboxylic acids is 2. The Bertz CT molecular complexity index is 588. The van der Waals surface area contributed by atoms with Gasteiger partial charge in [0.2, 0.25) is 5.88 Å². The van der Waals surface area contributed by atoms with E-state index < -0.39 is 5.97 Å². The predicted molar refractivity (Wildman–Crippen MR) is 65.0 cm³/mol. The van der Waals surface area contributed by atoms with Gasteiger partial charge in [-0.1, -0.05) is 18.2 Å². The first-order valence-electron chi connectivity index (χ1n) is 5.42. The molecule has 0 unspecified atom stereocenters. The van der Waals surface area contributed by atoms with Crippen LogP contribution in [-0.2, 0) is 4.79 Å². The lowest BCUT2D eigenvalue weighted by atomic mass is 10.3. The molecule has 0 radical (unpaired) electrons. The molecule has 0 aliphatic carbocycles. The van der Waals surface area contributed by atoms with E-state index in [9.17, 15) is 9.59 Å².